The summed E-state index contributed by atoms with van der Waals surface area (Å²) in [5, 5.41) is 26.4. The molecule has 6 nitrogen and oxygen atoms in total. The Labute approximate surface area is 184 Å². The SMILES string of the molecule is CC.CC(C)(O)O.Cc1c(Cl)nc2c(ncn2C2CCC(CO)C2)c1Cl.[Ir]. The van der Waals surface area contributed by atoms with Gasteiger partial charge in [0.25, 0.3) is 0 Å². The summed E-state index contributed by atoms with van der Waals surface area (Å²) in [6, 6.07) is 0.324. The third-order valence-corrected chi connectivity index (χ3v) is 4.81. The molecule has 2 heterocycles. The predicted octanol–water partition coefficient (Wildman–Crippen LogP) is 4.11. The average molecular weight is 599 g/mol. The van der Waals surface area contributed by atoms with Crippen molar-refractivity contribution < 1.29 is 35.4 Å². The van der Waals surface area contributed by atoms with E-state index in [1.807, 2.05) is 25.3 Å². The van der Waals surface area contributed by atoms with Gasteiger partial charge < -0.3 is 19.9 Å². The Hall–Kier alpha value is -0.271. The van der Waals surface area contributed by atoms with Crippen molar-refractivity contribution in [1.29, 1.82) is 0 Å². The Morgan fingerprint density at radius 3 is 2.26 bits per heavy atom. The Morgan fingerprint density at radius 1 is 1.22 bits per heavy atom. The minimum atomic E-state index is -1.50. The molecule has 0 aromatic carbocycles. The molecule has 157 valence electrons. The molecule has 0 saturated heterocycles. The molecule has 1 aliphatic rings. The number of pyridine rings is 1. The van der Waals surface area contributed by atoms with E-state index >= 15 is 0 Å². The van der Waals surface area contributed by atoms with Crippen molar-refractivity contribution in [3.8, 4) is 0 Å². The van der Waals surface area contributed by atoms with Crippen molar-refractivity contribution >= 4 is 34.4 Å². The summed E-state index contributed by atoms with van der Waals surface area (Å²) in [6.07, 6.45) is 4.80. The number of rotatable bonds is 2. The van der Waals surface area contributed by atoms with Crippen LogP contribution in [0.2, 0.25) is 10.2 Å². The molecule has 1 saturated carbocycles. The molecular formula is C18H29Cl2IrN3O3. The molecule has 2 atom stereocenters. The number of halogens is 2. The van der Waals surface area contributed by atoms with E-state index in [1.54, 1.807) is 6.33 Å². The zero-order chi connectivity index (χ0) is 20.1. The van der Waals surface area contributed by atoms with Crippen LogP contribution in [0.15, 0.2) is 6.33 Å². The van der Waals surface area contributed by atoms with Gasteiger partial charge in [-0.05, 0) is 46.0 Å². The fourth-order valence-electron chi connectivity index (χ4n) is 2.80. The number of aliphatic hydroxyl groups excluding tert-OH is 1. The van der Waals surface area contributed by atoms with Crippen LogP contribution in [0.5, 0.6) is 0 Å². The van der Waals surface area contributed by atoms with Crippen LogP contribution < -0.4 is 0 Å². The second-order valence-electron chi connectivity index (χ2n) is 6.68. The van der Waals surface area contributed by atoms with Gasteiger partial charge in [-0.15, -0.1) is 0 Å². The van der Waals surface area contributed by atoms with Gasteiger partial charge in [-0.25, -0.2) is 9.97 Å². The minimum Gasteiger partial charge on any atom is -0.396 e. The van der Waals surface area contributed by atoms with E-state index in [2.05, 4.69) is 9.97 Å². The van der Waals surface area contributed by atoms with E-state index in [0.29, 0.717) is 27.7 Å². The summed E-state index contributed by atoms with van der Waals surface area (Å²) in [6.45, 7) is 8.69. The number of fused-ring (bicyclic) bond motifs is 1. The topological polar surface area (TPSA) is 91.4 Å². The third-order valence-electron chi connectivity index (χ3n) is 3.98. The molecule has 0 amide bonds. The first-order chi connectivity index (χ1) is 12.1. The molecule has 0 bridgehead atoms. The number of aliphatic hydroxyl groups is 3. The van der Waals surface area contributed by atoms with Gasteiger partial charge in [0, 0.05) is 38.3 Å². The van der Waals surface area contributed by atoms with Crippen molar-refractivity contribution in [2.24, 2.45) is 5.92 Å². The number of hydrogen-bond acceptors (Lipinski definition) is 5. The summed E-state index contributed by atoms with van der Waals surface area (Å²) in [5.74, 6) is -1.13. The molecule has 3 N–H and O–H groups in total. The maximum absolute atomic E-state index is 9.24. The summed E-state index contributed by atoms with van der Waals surface area (Å²) in [5.41, 5.74) is 2.21. The van der Waals surface area contributed by atoms with Gasteiger partial charge in [-0.1, -0.05) is 37.0 Å². The van der Waals surface area contributed by atoms with Crippen molar-refractivity contribution in [1.82, 2.24) is 14.5 Å². The van der Waals surface area contributed by atoms with Crippen LogP contribution >= 0.6 is 23.2 Å². The molecule has 3 rings (SSSR count). The van der Waals surface area contributed by atoms with E-state index in [4.69, 9.17) is 33.4 Å². The van der Waals surface area contributed by atoms with Gasteiger partial charge in [0.1, 0.15) is 10.7 Å². The van der Waals surface area contributed by atoms with E-state index in [9.17, 15) is 5.11 Å². The van der Waals surface area contributed by atoms with Gasteiger partial charge in [-0.3, -0.25) is 0 Å². The molecule has 2 aromatic heterocycles. The second-order valence-corrected chi connectivity index (χ2v) is 7.41. The Morgan fingerprint density at radius 2 is 1.78 bits per heavy atom. The quantitative estimate of drug-likeness (QED) is 0.358. The zero-order valence-electron chi connectivity index (χ0n) is 16.3. The van der Waals surface area contributed by atoms with Crippen LogP contribution in [0.1, 0.15) is 58.6 Å². The molecule has 1 radical (unpaired) electrons. The molecule has 0 aliphatic heterocycles. The smallest absolute Gasteiger partial charge is 0.163 e. The van der Waals surface area contributed by atoms with Crippen molar-refractivity contribution in [2.45, 2.75) is 65.7 Å². The maximum atomic E-state index is 9.24. The fourth-order valence-corrected chi connectivity index (χ4v) is 3.25. The Kier molecular flexibility index (Phi) is 11.5. The van der Waals surface area contributed by atoms with Gasteiger partial charge in [0.15, 0.2) is 11.4 Å². The molecule has 27 heavy (non-hydrogen) atoms. The first-order valence-electron chi connectivity index (χ1n) is 8.85. The largest absolute Gasteiger partial charge is 0.396 e. The van der Waals surface area contributed by atoms with E-state index in [1.165, 1.54) is 13.8 Å². The standard InChI is InChI=1S/C13H15Cl2N3O.C3H8O2.C2H6.Ir/c1-7-10(14)11-13(17-12(7)15)18(6-16-11)9-3-2-8(4-9)5-19;1-3(2,4)5;1-2;/h6,8-9,19H,2-5H2,1H3;4-5H,1-2H3;1-2H3;. The van der Waals surface area contributed by atoms with Gasteiger partial charge in [0.2, 0.25) is 0 Å². The molecule has 1 aliphatic carbocycles. The summed E-state index contributed by atoms with van der Waals surface area (Å²) in [7, 11) is 0. The van der Waals surface area contributed by atoms with Crippen LogP contribution in [0.3, 0.4) is 0 Å². The Balaban J connectivity index is 0.000000740. The molecule has 0 spiro atoms. The summed E-state index contributed by atoms with van der Waals surface area (Å²) < 4.78 is 2.04. The molecular weight excluding hydrogens is 569 g/mol. The van der Waals surface area contributed by atoms with Gasteiger partial charge >= 0.3 is 0 Å². The number of hydrogen-bond donors (Lipinski definition) is 3. The van der Waals surface area contributed by atoms with E-state index < -0.39 is 5.79 Å². The van der Waals surface area contributed by atoms with Crippen LogP contribution in [0.4, 0.5) is 0 Å². The summed E-state index contributed by atoms with van der Waals surface area (Å²) >= 11 is 12.4. The third kappa shape index (κ3) is 7.58. The normalized spacial score (nSPS) is 18.9. The van der Waals surface area contributed by atoms with Gasteiger partial charge in [0.05, 0.1) is 11.3 Å². The molecule has 1 fully saturated rings. The number of nitrogens with zero attached hydrogens (tertiary/aromatic N) is 3. The molecule has 9 heteroatoms. The zero-order valence-corrected chi connectivity index (χ0v) is 20.2. The summed E-state index contributed by atoms with van der Waals surface area (Å²) in [4.78, 5) is 8.77. The van der Waals surface area contributed by atoms with E-state index in [-0.39, 0.29) is 26.7 Å². The van der Waals surface area contributed by atoms with Crippen molar-refractivity contribution in [3.05, 3.63) is 22.1 Å². The molecule has 2 unspecified atom stereocenters. The van der Waals surface area contributed by atoms with Crippen LogP contribution in [0.25, 0.3) is 11.2 Å². The van der Waals surface area contributed by atoms with Crippen LogP contribution in [0, 0.1) is 12.8 Å². The fraction of sp³-hybridized carbons (Fsp3) is 0.667. The van der Waals surface area contributed by atoms with Crippen molar-refractivity contribution in [3.63, 3.8) is 0 Å². The first kappa shape index (κ1) is 26.7. The number of imidazole rings is 1. The van der Waals surface area contributed by atoms with E-state index in [0.717, 1.165) is 30.5 Å². The number of aromatic nitrogens is 3. The first-order valence-corrected chi connectivity index (χ1v) is 9.61. The molecule has 2 aromatic rings. The second kappa shape index (κ2) is 11.7. The van der Waals surface area contributed by atoms with Crippen molar-refractivity contribution in [2.75, 3.05) is 6.61 Å². The minimum absolute atomic E-state index is 0. The average Bonchev–Trinajstić information content (AvgIpc) is 3.19. The van der Waals surface area contributed by atoms with Gasteiger partial charge in [-0.2, -0.15) is 0 Å². The van der Waals surface area contributed by atoms with Crippen LogP contribution in [-0.2, 0) is 20.1 Å². The van der Waals surface area contributed by atoms with Crippen LogP contribution in [-0.4, -0.2) is 42.2 Å². The Bertz CT molecular complexity index is 714. The monoisotopic (exact) mass is 598 g/mol. The predicted molar refractivity (Wildman–Crippen MR) is 106 cm³/mol. The maximum Gasteiger partial charge on any atom is 0.163 e.